The minimum absolute atomic E-state index is 0.252. The molecule has 0 aromatic heterocycles. The number of fused-ring (bicyclic) bond motifs is 5. The standard InChI is InChI=1S/C27H48O3Si2/c1-26-15-13-20(28)17-19(26)9-10-21-22-11-12-24(27(22,2)16-14-23(21)26)25(30-32(6,7)8)18-29-31(3,4)5/h17,21-25H,9-16,18H2,1-8H3/t21-,22-,23-,24+,25+,26?,27-/m0/s1. The average Bonchev–Trinajstić information content (AvgIpc) is 3.01. The topological polar surface area (TPSA) is 35.5 Å². The fraction of sp³-hybridized carbons (Fsp3) is 0.889. The zero-order valence-electron chi connectivity index (χ0n) is 22.1. The van der Waals surface area contributed by atoms with Crippen molar-refractivity contribution >= 4 is 22.4 Å². The molecule has 7 atom stereocenters. The van der Waals surface area contributed by atoms with Crippen molar-refractivity contribution < 1.29 is 13.6 Å². The first-order valence-corrected chi connectivity index (χ1v) is 20.1. The lowest BCUT2D eigenvalue weighted by molar-refractivity contribution is -0.118. The highest BCUT2D eigenvalue weighted by Gasteiger charge is 2.60. The van der Waals surface area contributed by atoms with E-state index >= 15 is 0 Å². The maximum atomic E-state index is 12.1. The Kier molecular flexibility index (Phi) is 6.57. The molecular formula is C27H48O3Si2. The van der Waals surface area contributed by atoms with Crippen LogP contribution in [0.4, 0.5) is 0 Å². The van der Waals surface area contributed by atoms with Gasteiger partial charge in [-0.2, -0.15) is 0 Å². The molecule has 32 heavy (non-hydrogen) atoms. The van der Waals surface area contributed by atoms with Gasteiger partial charge >= 0.3 is 0 Å². The zero-order chi connectivity index (χ0) is 23.5. The molecule has 4 aliphatic rings. The average molecular weight is 477 g/mol. The van der Waals surface area contributed by atoms with Gasteiger partial charge in [0.15, 0.2) is 22.4 Å². The number of hydrogen-bond acceptors (Lipinski definition) is 3. The lowest BCUT2D eigenvalue weighted by atomic mass is 9.46. The number of ketones is 1. The largest absolute Gasteiger partial charge is 0.415 e. The van der Waals surface area contributed by atoms with Gasteiger partial charge < -0.3 is 8.85 Å². The third-order valence-corrected chi connectivity index (χ3v) is 11.7. The summed E-state index contributed by atoms with van der Waals surface area (Å²) in [5.74, 6) is 3.38. The first kappa shape index (κ1) is 24.9. The summed E-state index contributed by atoms with van der Waals surface area (Å²) in [6, 6.07) is 0. The number of rotatable bonds is 6. The van der Waals surface area contributed by atoms with Gasteiger partial charge in [0.1, 0.15) is 0 Å². The second-order valence-electron chi connectivity index (χ2n) is 13.9. The van der Waals surface area contributed by atoms with Crippen LogP contribution in [0, 0.1) is 34.5 Å². The van der Waals surface area contributed by atoms with E-state index in [-0.39, 0.29) is 11.5 Å². The van der Waals surface area contributed by atoms with Crippen molar-refractivity contribution in [3.05, 3.63) is 11.6 Å². The highest BCUT2D eigenvalue weighted by Crippen LogP contribution is 2.67. The monoisotopic (exact) mass is 476 g/mol. The number of hydrogen-bond donors (Lipinski definition) is 0. The Hall–Kier alpha value is -0.236. The summed E-state index contributed by atoms with van der Waals surface area (Å²) >= 11 is 0. The Morgan fingerprint density at radius 2 is 1.66 bits per heavy atom. The van der Waals surface area contributed by atoms with Crippen LogP contribution in [-0.4, -0.2) is 35.1 Å². The first-order valence-electron chi connectivity index (χ1n) is 13.3. The lowest BCUT2D eigenvalue weighted by Gasteiger charge is -2.58. The van der Waals surface area contributed by atoms with Gasteiger partial charge in [0.2, 0.25) is 0 Å². The van der Waals surface area contributed by atoms with Crippen molar-refractivity contribution in [3.8, 4) is 0 Å². The molecule has 5 heteroatoms. The van der Waals surface area contributed by atoms with Crippen LogP contribution in [0.15, 0.2) is 11.6 Å². The highest BCUT2D eigenvalue weighted by molar-refractivity contribution is 6.70. The Labute approximate surface area is 199 Å². The van der Waals surface area contributed by atoms with Crippen molar-refractivity contribution in [1.82, 2.24) is 0 Å². The van der Waals surface area contributed by atoms with Crippen molar-refractivity contribution in [1.29, 1.82) is 0 Å². The molecule has 4 aliphatic carbocycles. The third kappa shape index (κ3) is 4.65. The minimum atomic E-state index is -1.65. The molecule has 3 nitrogen and oxygen atoms in total. The second kappa shape index (κ2) is 8.46. The van der Waals surface area contributed by atoms with Gasteiger partial charge in [0.25, 0.3) is 0 Å². The van der Waals surface area contributed by atoms with Crippen LogP contribution in [0.1, 0.15) is 65.2 Å². The summed E-state index contributed by atoms with van der Waals surface area (Å²) in [6.07, 6.45) is 11.9. The maximum Gasteiger partial charge on any atom is 0.184 e. The van der Waals surface area contributed by atoms with E-state index in [1.165, 1.54) is 37.7 Å². The van der Waals surface area contributed by atoms with Gasteiger partial charge in [-0.1, -0.05) is 19.4 Å². The molecule has 0 amide bonds. The van der Waals surface area contributed by atoms with Gasteiger partial charge in [-0.05, 0) is 125 Å². The molecule has 0 aliphatic heterocycles. The molecule has 0 aromatic carbocycles. The van der Waals surface area contributed by atoms with Crippen molar-refractivity contribution in [2.45, 2.75) is 111 Å². The van der Waals surface area contributed by atoms with E-state index in [2.05, 4.69) is 53.1 Å². The highest BCUT2D eigenvalue weighted by atomic mass is 28.4. The van der Waals surface area contributed by atoms with Gasteiger partial charge in [-0.25, -0.2) is 0 Å². The van der Waals surface area contributed by atoms with Gasteiger partial charge in [-0.3, -0.25) is 4.79 Å². The summed E-state index contributed by atoms with van der Waals surface area (Å²) in [7, 11) is -3.23. The van der Waals surface area contributed by atoms with Gasteiger partial charge in [-0.15, -0.1) is 0 Å². The summed E-state index contributed by atoms with van der Waals surface area (Å²) in [6.45, 7) is 19.8. The predicted molar refractivity (Wildman–Crippen MR) is 138 cm³/mol. The number of carbonyl (C=O) groups excluding carboxylic acids is 1. The molecule has 4 rings (SSSR count). The van der Waals surface area contributed by atoms with Crippen molar-refractivity contribution in [3.63, 3.8) is 0 Å². The Bertz CT molecular complexity index is 764. The molecule has 0 bridgehead atoms. The van der Waals surface area contributed by atoms with E-state index in [9.17, 15) is 4.79 Å². The van der Waals surface area contributed by atoms with E-state index in [1.54, 1.807) is 0 Å². The van der Waals surface area contributed by atoms with Gasteiger partial charge in [0.05, 0.1) is 12.7 Å². The quantitative estimate of drug-likeness (QED) is 0.380. The van der Waals surface area contributed by atoms with E-state index in [0.717, 1.165) is 43.6 Å². The summed E-state index contributed by atoms with van der Waals surface area (Å²) in [4.78, 5) is 12.1. The van der Waals surface area contributed by atoms with Crippen LogP contribution >= 0.6 is 0 Å². The van der Waals surface area contributed by atoms with Crippen LogP contribution in [0.25, 0.3) is 0 Å². The third-order valence-electron chi connectivity index (χ3n) is 9.67. The molecule has 182 valence electrons. The van der Waals surface area contributed by atoms with Crippen LogP contribution < -0.4 is 0 Å². The van der Waals surface area contributed by atoms with Crippen molar-refractivity contribution in [2.24, 2.45) is 34.5 Å². The summed E-state index contributed by atoms with van der Waals surface area (Å²) < 4.78 is 13.3. The van der Waals surface area contributed by atoms with E-state index in [0.29, 0.717) is 17.1 Å². The smallest absolute Gasteiger partial charge is 0.184 e. The zero-order valence-corrected chi connectivity index (χ0v) is 24.1. The SMILES string of the molecule is CC12CCC(=O)C=C1CC[C@@H]1[C@@H]2CC[C@]2(C)[C@@H]([C@@H](CO[Si](C)(C)C)O[Si](C)(C)C)CC[C@@H]12. The maximum absolute atomic E-state index is 12.1. The van der Waals surface area contributed by atoms with Crippen LogP contribution in [-0.2, 0) is 13.6 Å². The summed E-state index contributed by atoms with van der Waals surface area (Å²) in [5.41, 5.74) is 2.12. The van der Waals surface area contributed by atoms with E-state index in [1.807, 2.05) is 6.08 Å². The van der Waals surface area contributed by atoms with Crippen LogP contribution in [0.2, 0.25) is 39.3 Å². The molecule has 3 fully saturated rings. The Morgan fingerprint density at radius 3 is 2.31 bits per heavy atom. The molecule has 0 aromatic rings. The first-order chi connectivity index (χ1) is 14.7. The van der Waals surface area contributed by atoms with Crippen LogP contribution in [0.5, 0.6) is 0 Å². The summed E-state index contributed by atoms with van der Waals surface area (Å²) in [5, 5.41) is 0. The van der Waals surface area contributed by atoms with E-state index < -0.39 is 16.6 Å². The second-order valence-corrected chi connectivity index (χ2v) is 22.9. The molecule has 0 radical (unpaired) electrons. The lowest BCUT2D eigenvalue weighted by Crippen LogP contribution is -2.53. The molecule has 0 N–H and O–H groups in total. The Balaban J connectivity index is 1.57. The predicted octanol–water partition coefficient (Wildman–Crippen LogP) is 7.21. The molecule has 1 unspecified atom stereocenters. The molecule has 0 heterocycles. The fourth-order valence-electron chi connectivity index (χ4n) is 8.23. The molecule has 3 saturated carbocycles. The van der Waals surface area contributed by atoms with Crippen LogP contribution in [0.3, 0.4) is 0 Å². The molecule has 0 saturated heterocycles. The number of carbonyl (C=O) groups is 1. The van der Waals surface area contributed by atoms with E-state index in [4.69, 9.17) is 8.85 Å². The normalized spacial score (nSPS) is 40.9. The minimum Gasteiger partial charge on any atom is -0.415 e. The van der Waals surface area contributed by atoms with Crippen molar-refractivity contribution in [2.75, 3.05) is 6.61 Å². The molecule has 0 spiro atoms. The number of allylic oxidation sites excluding steroid dienone is 1. The molecular weight excluding hydrogens is 428 g/mol. The fourth-order valence-corrected chi connectivity index (χ4v) is 10.0. The Morgan fingerprint density at radius 1 is 0.938 bits per heavy atom. The van der Waals surface area contributed by atoms with Gasteiger partial charge in [0, 0.05) is 6.42 Å².